The molecule has 2 atom stereocenters. The number of alkyl carbamates (subject to hydrolysis) is 2. The van der Waals surface area contributed by atoms with Crippen molar-refractivity contribution in [3.63, 3.8) is 0 Å². The maximum Gasteiger partial charge on any atom is 0.408 e. The Labute approximate surface area is 185 Å². The molecule has 0 saturated heterocycles. The largest absolute Gasteiger partial charge is 0.467 e. The zero-order valence-corrected chi connectivity index (χ0v) is 20.3. The van der Waals surface area contributed by atoms with Crippen LogP contribution in [0.5, 0.6) is 0 Å². The van der Waals surface area contributed by atoms with Crippen molar-refractivity contribution in [3.05, 3.63) is 0 Å². The number of carbonyl (C=O) groups excluding carboxylic acids is 4. The Bertz CT molecular complexity index is 550. The van der Waals surface area contributed by atoms with Gasteiger partial charge in [0.2, 0.25) is 0 Å². The lowest BCUT2D eigenvalue weighted by Crippen LogP contribution is -2.46. The number of hydrogen-bond donors (Lipinski definition) is 2. The van der Waals surface area contributed by atoms with Gasteiger partial charge in [0.15, 0.2) is 0 Å². The maximum absolute atomic E-state index is 11.9. The van der Waals surface area contributed by atoms with Gasteiger partial charge in [0.1, 0.15) is 23.3 Å². The smallest absolute Gasteiger partial charge is 0.408 e. The number of ether oxygens (including phenoxy) is 4. The van der Waals surface area contributed by atoms with Crippen molar-refractivity contribution in [2.45, 2.75) is 64.8 Å². The zero-order chi connectivity index (χ0) is 23.5. The van der Waals surface area contributed by atoms with Gasteiger partial charge >= 0.3 is 24.1 Å². The van der Waals surface area contributed by atoms with E-state index >= 15 is 0 Å². The fourth-order valence-electron chi connectivity index (χ4n) is 1.75. The highest BCUT2D eigenvalue weighted by atomic mass is 33.1. The van der Waals surface area contributed by atoms with E-state index in [-0.39, 0.29) is 11.5 Å². The molecule has 0 heterocycles. The molecule has 0 unspecified atom stereocenters. The van der Waals surface area contributed by atoms with Crippen LogP contribution in [0.15, 0.2) is 0 Å². The molecule has 0 radical (unpaired) electrons. The van der Waals surface area contributed by atoms with Gasteiger partial charge in [-0.15, -0.1) is 0 Å². The summed E-state index contributed by atoms with van der Waals surface area (Å²) in [6.07, 6.45) is -1.50. The van der Waals surface area contributed by atoms with Gasteiger partial charge in [-0.2, -0.15) is 0 Å². The Morgan fingerprint density at radius 2 is 1.00 bits per heavy atom. The Morgan fingerprint density at radius 3 is 1.23 bits per heavy atom. The molecule has 0 bridgehead atoms. The number of nitrogens with one attached hydrogen (secondary N) is 2. The molecule has 2 amide bonds. The third-order valence-electron chi connectivity index (χ3n) is 2.91. The lowest BCUT2D eigenvalue weighted by molar-refractivity contribution is -0.143. The second-order valence-electron chi connectivity index (χ2n) is 8.01. The van der Waals surface area contributed by atoms with Gasteiger partial charge in [-0.25, -0.2) is 19.2 Å². The van der Waals surface area contributed by atoms with Crippen LogP contribution in [0.2, 0.25) is 0 Å². The molecule has 0 aliphatic rings. The number of hydrogen-bond acceptors (Lipinski definition) is 10. The number of rotatable bonds is 9. The normalized spacial score (nSPS) is 13.5. The first-order valence-corrected chi connectivity index (χ1v) is 11.6. The summed E-state index contributed by atoms with van der Waals surface area (Å²) < 4.78 is 19.7. The molecule has 0 aromatic carbocycles. The number of amides is 2. The number of esters is 2. The highest BCUT2D eigenvalue weighted by Crippen LogP contribution is 2.24. The fraction of sp³-hybridized carbons (Fsp3) is 0.778. The molecule has 0 fully saturated rings. The van der Waals surface area contributed by atoms with E-state index in [9.17, 15) is 19.2 Å². The molecule has 2 N–H and O–H groups in total. The molecular formula is C18H32N2O8S2. The Balaban J connectivity index is 4.74. The van der Waals surface area contributed by atoms with Crippen molar-refractivity contribution in [1.82, 2.24) is 10.6 Å². The predicted molar refractivity (Wildman–Crippen MR) is 115 cm³/mol. The van der Waals surface area contributed by atoms with E-state index in [1.165, 1.54) is 35.8 Å². The summed E-state index contributed by atoms with van der Waals surface area (Å²) in [6.45, 7) is 10.2. The molecule has 0 aliphatic heterocycles. The average Bonchev–Trinajstić information content (AvgIpc) is 2.58. The quantitative estimate of drug-likeness (QED) is 0.225. The van der Waals surface area contributed by atoms with Crippen LogP contribution in [0.25, 0.3) is 0 Å². The van der Waals surface area contributed by atoms with Gasteiger partial charge in [0.25, 0.3) is 0 Å². The van der Waals surface area contributed by atoms with Crippen LogP contribution < -0.4 is 10.6 Å². The lowest BCUT2D eigenvalue weighted by Gasteiger charge is -2.23. The van der Waals surface area contributed by atoms with Gasteiger partial charge < -0.3 is 29.6 Å². The van der Waals surface area contributed by atoms with Crippen LogP contribution in [-0.4, -0.2) is 73.1 Å². The van der Waals surface area contributed by atoms with Crippen molar-refractivity contribution in [3.8, 4) is 0 Å². The minimum atomic E-state index is -0.947. The van der Waals surface area contributed by atoms with Crippen molar-refractivity contribution in [2.75, 3.05) is 25.7 Å². The molecule has 12 heteroatoms. The molecular weight excluding hydrogens is 436 g/mol. The highest BCUT2D eigenvalue weighted by molar-refractivity contribution is 8.76. The summed E-state index contributed by atoms with van der Waals surface area (Å²) in [5.41, 5.74) is -1.43. The van der Waals surface area contributed by atoms with Gasteiger partial charge in [-0.3, -0.25) is 0 Å². The van der Waals surface area contributed by atoms with Crippen LogP contribution in [0, 0.1) is 0 Å². The average molecular weight is 469 g/mol. The van der Waals surface area contributed by atoms with E-state index in [4.69, 9.17) is 18.9 Å². The molecule has 30 heavy (non-hydrogen) atoms. The molecule has 0 aromatic heterocycles. The second kappa shape index (κ2) is 12.8. The third kappa shape index (κ3) is 13.4. The van der Waals surface area contributed by atoms with Gasteiger partial charge in [0.05, 0.1) is 14.2 Å². The minimum Gasteiger partial charge on any atom is -0.467 e. The first-order chi connectivity index (χ1) is 13.7. The summed E-state index contributed by atoms with van der Waals surface area (Å²) >= 11 is 0. The van der Waals surface area contributed by atoms with Crippen LogP contribution in [0.4, 0.5) is 9.59 Å². The molecule has 0 saturated carbocycles. The number of methoxy groups -OCH3 is 2. The summed E-state index contributed by atoms with van der Waals surface area (Å²) in [6, 6.07) is -1.89. The van der Waals surface area contributed by atoms with E-state index in [0.29, 0.717) is 0 Å². The fourth-order valence-corrected chi connectivity index (χ4v) is 4.05. The Hall–Kier alpha value is -1.82. The van der Waals surface area contributed by atoms with E-state index in [2.05, 4.69) is 10.6 Å². The summed E-state index contributed by atoms with van der Waals surface area (Å²) in [7, 11) is 4.83. The van der Waals surface area contributed by atoms with Crippen LogP contribution in [0.1, 0.15) is 41.5 Å². The van der Waals surface area contributed by atoms with Crippen LogP contribution in [0.3, 0.4) is 0 Å². The Kier molecular flexibility index (Phi) is 12.0. The zero-order valence-electron chi connectivity index (χ0n) is 18.7. The Morgan fingerprint density at radius 1 is 0.700 bits per heavy atom. The lowest BCUT2D eigenvalue weighted by atomic mass is 10.2. The van der Waals surface area contributed by atoms with E-state index in [1.54, 1.807) is 41.5 Å². The molecule has 0 aliphatic carbocycles. The summed E-state index contributed by atoms with van der Waals surface area (Å²) in [4.78, 5) is 47.7. The SMILES string of the molecule is COC(=O)[C@H](CSSC[C@H](NC(=O)OC(C)(C)C)C(=O)OC)NC(=O)OC(C)(C)C. The number of carbonyl (C=O) groups is 4. The molecule has 0 spiro atoms. The molecule has 10 nitrogen and oxygen atoms in total. The highest BCUT2D eigenvalue weighted by Gasteiger charge is 2.27. The predicted octanol–water partition coefficient (Wildman–Crippen LogP) is 2.50. The molecule has 174 valence electrons. The second-order valence-corrected chi connectivity index (χ2v) is 10.6. The van der Waals surface area contributed by atoms with E-state index < -0.39 is 47.4 Å². The van der Waals surface area contributed by atoms with E-state index in [0.717, 1.165) is 0 Å². The third-order valence-corrected chi connectivity index (χ3v) is 5.33. The first-order valence-electron chi connectivity index (χ1n) is 9.07. The van der Waals surface area contributed by atoms with Crippen LogP contribution >= 0.6 is 21.6 Å². The first kappa shape index (κ1) is 28.2. The van der Waals surface area contributed by atoms with Gasteiger partial charge in [-0.1, -0.05) is 21.6 Å². The van der Waals surface area contributed by atoms with Crippen molar-refractivity contribution in [1.29, 1.82) is 0 Å². The van der Waals surface area contributed by atoms with Crippen molar-refractivity contribution >= 4 is 45.7 Å². The van der Waals surface area contributed by atoms with Gasteiger partial charge in [0, 0.05) is 11.5 Å². The van der Waals surface area contributed by atoms with Crippen molar-refractivity contribution < 1.29 is 38.1 Å². The molecule has 0 aromatic rings. The summed E-state index contributed by atoms with van der Waals surface area (Å²) in [5, 5.41) is 4.91. The maximum atomic E-state index is 11.9. The monoisotopic (exact) mass is 468 g/mol. The topological polar surface area (TPSA) is 129 Å². The van der Waals surface area contributed by atoms with Crippen molar-refractivity contribution in [2.24, 2.45) is 0 Å². The van der Waals surface area contributed by atoms with Crippen LogP contribution in [-0.2, 0) is 28.5 Å². The minimum absolute atomic E-state index is 0.150. The molecule has 0 rings (SSSR count). The van der Waals surface area contributed by atoms with E-state index in [1.807, 2.05) is 0 Å². The standard InChI is InChI=1S/C18H32N2O8S2/c1-17(2,3)27-15(23)19-11(13(21)25-7)9-29-30-10-12(14(22)26-8)20-16(24)28-18(4,5)6/h11-12H,9-10H2,1-8H3,(H,19,23)(H,20,24)/t11-,12-/m0/s1. The summed E-state index contributed by atoms with van der Waals surface area (Å²) in [5.74, 6) is -0.968. The van der Waals surface area contributed by atoms with Gasteiger partial charge in [-0.05, 0) is 41.5 Å².